The van der Waals surface area contributed by atoms with Gasteiger partial charge in [0.1, 0.15) is 0 Å². The molecule has 1 aromatic heterocycles. The Bertz CT molecular complexity index is 1150. The van der Waals surface area contributed by atoms with Gasteiger partial charge in [0.25, 0.3) is 0 Å². The number of alkyl halides is 6. The van der Waals surface area contributed by atoms with E-state index in [1.165, 1.54) is 28.8 Å². The highest BCUT2D eigenvalue weighted by Crippen LogP contribution is 2.32. The number of rotatable bonds is 8. The molecule has 0 aliphatic carbocycles. The van der Waals surface area contributed by atoms with E-state index >= 15 is 0 Å². The van der Waals surface area contributed by atoms with Crippen molar-refractivity contribution in [3.8, 4) is 0 Å². The second kappa shape index (κ2) is 11.2. The summed E-state index contributed by atoms with van der Waals surface area (Å²) in [6.07, 6.45) is -9.07. The Labute approximate surface area is 209 Å². The van der Waals surface area contributed by atoms with Crippen molar-refractivity contribution < 1.29 is 35.9 Å². The molecule has 0 aliphatic rings. The lowest BCUT2D eigenvalue weighted by molar-refractivity contribution is -0.138. The SMILES string of the molecule is Cn1c(SCC(=O)Nc2cccc(C(F)(F)F)c2)nnc1SCC(=O)Nc1cccc(C(F)(F)F)c1. The Kier molecular flexibility index (Phi) is 8.55. The van der Waals surface area contributed by atoms with E-state index in [4.69, 9.17) is 0 Å². The molecule has 0 spiro atoms. The van der Waals surface area contributed by atoms with Gasteiger partial charge in [-0.3, -0.25) is 9.59 Å². The first-order valence-corrected chi connectivity index (χ1v) is 11.9. The minimum atomic E-state index is -4.54. The number of nitrogens with one attached hydrogen (secondary N) is 2. The maximum absolute atomic E-state index is 12.8. The summed E-state index contributed by atoms with van der Waals surface area (Å²) in [7, 11) is 1.58. The number of anilines is 2. The van der Waals surface area contributed by atoms with E-state index in [-0.39, 0.29) is 22.9 Å². The van der Waals surface area contributed by atoms with Crippen molar-refractivity contribution in [3.63, 3.8) is 0 Å². The monoisotopic (exact) mass is 549 g/mol. The zero-order valence-electron chi connectivity index (χ0n) is 18.3. The number of halogens is 6. The topological polar surface area (TPSA) is 88.9 Å². The van der Waals surface area contributed by atoms with E-state index in [1.807, 2.05) is 0 Å². The van der Waals surface area contributed by atoms with Crippen LogP contribution in [0.2, 0.25) is 0 Å². The first kappa shape index (κ1) is 27.4. The van der Waals surface area contributed by atoms with Crippen molar-refractivity contribution in [3.05, 3.63) is 59.7 Å². The lowest BCUT2D eigenvalue weighted by atomic mass is 10.2. The van der Waals surface area contributed by atoms with Crippen molar-refractivity contribution in [2.24, 2.45) is 7.05 Å². The number of nitrogens with zero attached hydrogens (tertiary/aromatic N) is 3. The van der Waals surface area contributed by atoms with Gasteiger partial charge in [0.05, 0.1) is 22.6 Å². The Balaban J connectivity index is 1.50. The van der Waals surface area contributed by atoms with Gasteiger partial charge in [0.15, 0.2) is 10.3 Å². The van der Waals surface area contributed by atoms with E-state index < -0.39 is 35.3 Å². The molecule has 0 aliphatic heterocycles. The van der Waals surface area contributed by atoms with E-state index in [2.05, 4.69) is 20.8 Å². The van der Waals surface area contributed by atoms with Crippen LogP contribution in [-0.2, 0) is 29.0 Å². The van der Waals surface area contributed by atoms with E-state index in [1.54, 1.807) is 7.05 Å². The van der Waals surface area contributed by atoms with Gasteiger partial charge in [-0.1, -0.05) is 35.7 Å². The van der Waals surface area contributed by atoms with Crippen LogP contribution in [0.5, 0.6) is 0 Å². The molecule has 0 saturated heterocycles. The summed E-state index contributed by atoms with van der Waals surface area (Å²) in [5.74, 6) is -1.44. The van der Waals surface area contributed by atoms with Crippen molar-refractivity contribution in [1.82, 2.24) is 14.8 Å². The van der Waals surface area contributed by atoms with Crippen molar-refractivity contribution in [2.45, 2.75) is 22.7 Å². The van der Waals surface area contributed by atoms with Gasteiger partial charge in [-0.25, -0.2) is 0 Å². The molecule has 3 aromatic rings. The highest BCUT2D eigenvalue weighted by atomic mass is 32.2. The highest BCUT2D eigenvalue weighted by Gasteiger charge is 2.31. The molecule has 0 radical (unpaired) electrons. The van der Waals surface area contributed by atoms with Crippen LogP contribution >= 0.6 is 23.5 Å². The molecule has 192 valence electrons. The van der Waals surface area contributed by atoms with Crippen LogP contribution in [0, 0.1) is 0 Å². The summed E-state index contributed by atoms with van der Waals surface area (Å²) >= 11 is 1.96. The number of thioether (sulfide) groups is 2. The van der Waals surface area contributed by atoms with Crippen LogP contribution in [0.15, 0.2) is 58.8 Å². The number of amides is 2. The predicted octanol–water partition coefficient (Wildman–Crippen LogP) is 5.31. The predicted molar refractivity (Wildman–Crippen MR) is 123 cm³/mol. The molecule has 0 atom stereocenters. The molecular formula is C21H17F6N5O2S2. The average Bonchev–Trinajstić information content (AvgIpc) is 3.15. The molecule has 0 bridgehead atoms. The molecule has 2 aromatic carbocycles. The number of carbonyl (C=O) groups is 2. The van der Waals surface area contributed by atoms with Gasteiger partial charge < -0.3 is 15.2 Å². The lowest BCUT2D eigenvalue weighted by Crippen LogP contribution is -2.16. The molecule has 0 saturated carbocycles. The van der Waals surface area contributed by atoms with Crippen LogP contribution < -0.4 is 10.6 Å². The van der Waals surface area contributed by atoms with Crippen LogP contribution in [0.3, 0.4) is 0 Å². The summed E-state index contributed by atoms with van der Waals surface area (Å²) < 4.78 is 78.3. The fraction of sp³-hybridized carbons (Fsp3) is 0.238. The summed E-state index contributed by atoms with van der Waals surface area (Å²) in [6, 6.07) is 8.46. The molecule has 2 N–H and O–H groups in total. The molecule has 7 nitrogen and oxygen atoms in total. The number of aromatic nitrogens is 3. The standard InChI is InChI=1S/C21H17F6N5O2S2/c1-32-18(35-10-16(33)28-14-6-2-4-12(8-14)20(22,23)24)30-31-19(32)36-11-17(34)29-15-7-3-5-13(9-15)21(25,26)27/h2-9H,10-11H2,1H3,(H,28,33)(H,29,34). The third-order valence-electron chi connectivity index (χ3n) is 4.41. The average molecular weight is 550 g/mol. The minimum absolute atomic E-state index is 0.00332. The number of carbonyl (C=O) groups excluding carboxylic acids is 2. The molecule has 36 heavy (non-hydrogen) atoms. The van der Waals surface area contributed by atoms with Gasteiger partial charge in [-0.2, -0.15) is 26.3 Å². The van der Waals surface area contributed by atoms with Gasteiger partial charge in [-0.15, -0.1) is 10.2 Å². The van der Waals surface area contributed by atoms with Gasteiger partial charge in [0, 0.05) is 18.4 Å². The van der Waals surface area contributed by atoms with E-state index in [9.17, 15) is 35.9 Å². The van der Waals surface area contributed by atoms with Gasteiger partial charge >= 0.3 is 12.4 Å². The second-order valence-corrected chi connectivity index (χ2v) is 9.04. The maximum atomic E-state index is 12.8. The maximum Gasteiger partial charge on any atom is 0.416 e. The third kappa shape index (κ3) is 7.65. The largest absolute Gasteiger partial charge is 0.416 e. The van der Waals surface area contributed by atoms with Crippen molar-refractivity contribution in [1.29, 1.82) is 0 Å². The molecule has 3 rings (SSSR count). The Morgan fingerprint density at radius 1 is 0.778 bits per heavy atom. The Hall–Kier alpha value is -3.20. The second-order valence-electron chi connectivity index (χ2n) is 7.15. The smallest absolute Gasteiger partial charge is 0.325 e. The first-order chi connectivity index (χ1) is 16.8. The number of benzene rings is 2. The van der Waals surface area contributed by atoms with Crippen LogP contribution in [0.1, 0.15) is 11.1 Å². The van der Waals surface area contributed by atoms with E-state index in [0.29, 0.717) is 10.3 Å². The Morgan fingerprint density at radius 2 is 1.17 bits per heavy atom. The van der Waals surface area contributed by atoms with Gasteiger partial charge in [0.2, 0.25) is 11.8 Å². The van der Waals surface area contributed by atoms with E-state index in [0.717, 1.165) is 47.8 Å². The fourth-order valence-electron chi connectivity index (χ4n) is 2.75. The van der Waals surface area contributed by atoms with Crippen LogP contribution in [-0.4, -0.2) is 38.1 Å². The molecular weight excluding hydrogens is 532 g/mol. The summed E-state index contributed by atoms with van der Waals surface area (Å²) in [6.45, 7) is 0. The van der Waals surface area contributed by atoms with Crippen LogP contribution in [0.25, 0.3) is 0 Å². The van der Waals surface area contributed by atoms with Gasteiger partial charge in [-0.05, 0) is 36.4 Å². The molecule has 15 heteroatoms. The molecule has 0 unspecified atom stereocenters. The summed E-state index contributed by atoms with van der Waals surface area (Å²) in [4.78, 5) is 24.3. The fourth-order valence-corrected chi connectivity index (χ4v) is 4.23. The summed E-state index contributed by atoms with van der Waals surface area (Å²) in [5, 5.41) is 13.2. The minimum Gasteiger partial charge on any atom is -0.325 e. The number of hydrogen-bond donors (Lipinski definition) is 2. The van der Waals surface area contributed by atoms with Crippen LogP contribution in [0.4, 0.5) is 37.7 Å². The third-order valence-corrected chi connectivity index (χ3v) is 6.45. The number of hydrogen-bond acceptors (Lipinski definition) is 6. The normalized spacial score (nSPS) is 11.9. The molecule has 0 fully saturated rings. The highest BCUT2D eigenvalue weighted by molar-refractivity contribution is 8.00. The summed E-state index contributed by atoms with van der Waals surface area (Å²) in [5.41, 5.74) is -1.78. The quantitative estimate of drug-likeness (QED) is 0.292. The zero-order valence-corrected chi connectivity index (χ0v) is 19.9. The van der Waals surface area contributed by atoms with Crippen molar-refractivity contribution in [2.75, 3.05) is 22.1 Å². The molecule has 2 amide bonds. The molecule has 1 heterocycles. The van der Waals surface area contributed by atoms with Crippen molar-refractivity contribution >= 4 is 46.7 Å². The Morgan fingerprint density at radius 3 is 1.53 bits per heavy atom. The zero-order chi connectivity index (χ0) is 26.5. The first-order valence-electron chi connectivity index (χ1n) is 9.92. The lowest BCUT2D eigenvalue weighted by Gasteiger charge is -2.10.